The maximum Gasteiger partial charge on any atom is 0.335 e. The van der Waals surface area contributed by atoms with Crippen LogP contribution < -0.4 is 5.32 Å². The predicted molar refractivity (Wildman–Crippen MR) is 104 cm³/mol. The van der Waals surface area contributed by atoms with Gasteiger partial charge in [-0.05, 0) is 37.6 Å². The number of nitrogens with zero attached hydrogens (tertiary/aromatic N) is 2. The lowest BCUT2D eigenvalue weighted by Crippen LogP contribution is -2.74. The average Bonchev–Trinajstić information content (AvgIpc) is 3.10. The van der Waals surface area contributed by atoms with E-state index in [4.69, 9.17) is 4.74 Å². The summed E-state index contributed by atoms with van der Waals surface area (Å²) in [6.07, 6.45) is 1.59. The Bertz CT molecular complexity index is 868. The van der Waals surface area contributed by atoms with Crippen molar-refractivity contribution in [1.29, 1.82) is 0 Å². The van der Waals surface area contributed by atoms with Gasteiger partial charge in [-0.3, -0.25) is 9.59 Å². The third kappa shape index (κ3) is 4.19. The number of nitrogens with one attached hydrogen (secondary N) is 1. The van der Waals surface area contributed by atoms with Crippen LogP contribution in [-0.4, -0.2) is 51.8 Å². The highest BCUT2D eigenvalue weighted by Crippen LogP contribution is 2.41. The van der Waals surface area contributed by atoms with Gasteiger partial charge in [0.2, 0.25) is 17.9 Å². The number of aliphatic imine (C=N–C) groups is 1. The van der Waals surface area contributed by atoms with Crippen LogP contribution in [0.3, 0.4) is 0 Å². The maximum absolute atomic E-state index is 12.7. The SMILES string of the molecule is CC(C)(C)OC(=O)C1C(N=C=O)=CS[C@H]2C(NC(=O)Cc3cccs3)C(=O)N12. The Kier molecular flexibility index (Phi) is 5.74. The van der Waals surface area contributed by atoms with Gasteiger partial charge < -0.3 is 15.0 Å². The van der Waals surface area contributed by atoms with Crippen molar-refractivity contribution in [2.45, 2.75) is 50.3 Å². The predicted octanol–water partition coefficient (Wildman–Crippen LogP) is 1.58. The van der Waals surface area contributed by atoms with Gasteiger partial charge in [-0.15, -0.1) is 23.1 Å². The molecule has 2 aliphatic heterocycles. The third-order valence-corrected chi connectivity index (χ3v) is 6.03. The first-order valence-electron chi connectivity index (χ1n) is 8.51. The quantitative estimate of drug-likeness (QED) is 0.335. The van der Waals surface area contributed by atoms with Crippen molar-refractivity contribution in [2.24, 2.45) is 4.99 Å². The van der Waals surface area contributed by atoms with E-state index in [1.54, 1.807) is 20.8 Å². The topological polar surface area (TPSA) is 105 Å². The van der Waals surface area contributed by atoms with Gasteiger partial charge >= 0.3 is 5.97 Å². The van der Waals surface area contributed by atoms with E-state index in [2.05, 4.69) is 10.3 Å². The number of carbonyl (C=O) groups excluding carboxylic acids is 4. The summed E-state index contributed by atoms with van der Waals surface area (Å²) in [6.45, 7) is 5.12. The Morgan fingerprint density at radius 3 is 2.75 bits per heavy atom. The molecule has 1 saturated heterocycles. The van der Waals surface area contributed by atoms with Crippen molar-refractivity contribution in [3.63, 3.8) is 0 Å². The second-order valence-corrected chi connectivity index (χ2v) is 9.28. The summed E-state index contributed by atoms with van der Waals surface area (Å²) in [5.74, 6) is -1.37. The van der Waals surface area contributed by atoms with E-state index in [-0.39, 0.29) is 18.0 Å². The van der Waals surface area contributed by atoms with Gasteiger partial charge in [-0.25, -0.2) is 9.59 Å². The molecule has 2 amide bonds. The normalized spacial score (nSPS) is 23.7. The molecule has 28 heavy (non-hydrogen) atoms. The van der Waals surface area contributed by atoms with E-state index >= 15 is 0 Å². The Labute approximate surface area is 170 Å². The highest BCUT2D eigenvalue weighted by molar-refractivity contribution is 8.02. The van der Waals surface area contributed by atoms with Crippen LogP contribution in [-0.2, 0) is 30.3 Å². The van der Waals surface area contributed by atoms with Crippen molar-refractivity contribution in [3.05, 3.63) is 33.5 Å². The maximum atomic E-state index is 12.7. The molecule has 0 bridgehead atoms. The number of hydrogen-bond donors (Lipinski definition) is 1. The van der Waals surface area contributed by atoms with E-state index in [0.29, 0.717) is 0 Å². The highest BCUT2D eigenvalue weighted by Gasteiger charge is 2.56. The van der Waals surface area contributed by atoms with E-state index in [1.807, 2.05) is 17.5 Å². The number of β-lactam (4-membered cyclic amide) rings is 1. The molecule has 3 heterocycles. The standard InChI is InChI=1S/C18H19N3O5S2/c1-18(2,3)26-17(25)14-11(19-9-22)8-28-16-13(15(24)21(14)16)20-12(23)7-10-5-4-6-27-10/h4-6,8,13-14,16H,7H2,1-3H3,(H,20,23)/t13?,14?,16-/m0/s1. The van der Waals surface area contributed by atoms with Crippen LogP contribution >= 0.6 is 23.1 Å². The second-order valence-electron chi connectivity index (χ2n) is 7.26. The summed E-state index contributed by atoms with van der Waals surface area (Å²) in [4.78, 5) is 54.0. The van der Waals surface area contributed by atoms with E-state index in [9.17, 15) is 19.2 Å². The summed E-state index contributed by atoms with van der Waals surface area (Å²) in [5, 5.41) is 5.66. The molecular formula is C18H19N3O5S2. The van der Waals surface area contributed by atoms with Crippen molar-refractivity contribution >= 4 is 47.0 Å². The van der Waals surface area contributed by atoms with E-state index in [0.717, 1.165) is 4.88 Å². The molecule has 10 heteroatoms. The fourth-order valence-corrected chi connectivity index (χ4v) is 4.77. The number of hydrogen-bond acceptors (Lipinski definition) is 8. The molecule has 148 valence electrons. The number of ether oxygens (including phenoxy) is 1. The van der Waals surface area contributed by atoms with Crippen LogP contribution in [0.2, 0.25) is 0 Å². The number of amides is 2. The largest absolute Gasteiger partial charge is 0.458 e. The van der Waals surface area contributed by atoms with Gasteiger partial charge in [0, 0.05) is 4.88 Å². The lowest BCUT2D eigenvalue weighted by molar-refractivity contribution is -0.170. The molecule has 3 rings (SSSR count). The Hall–Kier alpha value is -2.42. The molecule has 2 aliphatic rings. The minimum atomic E-state index is -1.13. The first-order valence-corrected chi connectivity index (χ1v) is 10.3. The molecule has 0 aromatic carbocycles. The van der Waals surface area contributed by atoms with Gasteiger partial charge in [0.15, 0.2) is 6.04 Å². The summed E-state index contributed by atoms with van der Waals surface area (Å²) in [6, 6.07) is 1.82. The number of carbonyl (C=O) groups is 3. The smallest absolute Gasteiger partial charge is 0.335 e. The van der Waals surface area contributed by atoms with E-state index in [1.165, 1.54) is 39.5 Å². The number of rotatable bonds is 5. The van der Waals surface area contributed by atoms with Crippen LogP contribution in [0.4, 0.5) is 0 Å². The zero-order valence-electron chi connectivity index (χ0n) is 15.5. The molecule has 1 fully saturated rings. The van der Waals surface area contributed by atoms with Crippen molar-refractivity contribution in [3.8, 4) is 0 Å². The molecule has 1 N–H and O–H groups in total. The number of esters is 1. The van der Waals surface area contributed by atoms with Crippen LogP contribution in [0.5, 0.6) is 0 Å². The summed E-state index contributed by atoms with van der Waals surface area (Å²) in [7, 11) is 0. The fourth-order valence-electron chi connectivity index (χ4n) is 2.91. The monoisotopic (exact) mass is 421 g/mol. The zero-order valence-corrected chi connectivity index (χ0v) is 17.1. The van der Waals surface area contributed by atoms with Crippen molar-refractivity contribution < 1.29 is 23.9 Å². The van der Waals surface area contributed by atoms with Gasteiger partial charge in [0.1, 0.15) is 17.0 Å². The minimum absolute atomic E-state index is 0.0993. The molecule has 8 nitrogen and oxygen atoms in total. The molecule has 2 unspecified atom stereocenters. The summed E-state index contributed by atoms with van der Waals surface area (Å²) < 4.78 is 5.38. The van der Waals surface area contributed by atoms with Gasteiger partial charge in [-0.1, -0.05) is 6.07 Å². The van der Waals surface area contributed by atoms with Crippen LogP contribution in [0.15, 0.2) is 33.6 Å². The molecule has 0 aliphatic carbocycles. The van der Waals surface area contributed by atoms with Crippen LogP contribution in [0.1, 0.15) is 25.6 Å². The zero-order chi connectivity index (χ0) is 20.5. The van der Waals surface area contributed by atoms with Crippen molar-refractivity contribution in [1.82, 2.24) is 10.2 Å². The molecule has 0 saturated carbocycles. The number of thioether (sulfide) groups is 1. The molecule has 1 aromatic heterocycles. The van der Waals surface area contributed by atoms with Crippen LogP contribution in [0.25, 0.3) is 0 Å². The molecule has 3 atom stereocenters. The van der Waals surface area contributed by atoms with Crippen molar-refractivity contribution in [2.75, 3.05) is 0 Å². The van der Waals surface area contributed by atoms with Gasteiger partial charge in [0.05, 0.1) is 12.1 Å². The molecule has 0 spiro atoms. The molecule has 1 aromatic rings. The van der Waals surface area contributed by atoms with Gasteiger partial charge in [0.25, 0.3) is 0 Å². The summed E-state index contributed by atoms with van der Waals surface area (Å²) >= 11 is 2.67. The third-order valence-electron chi connectivity index (χ3n) is 4.00. The lowest BCUT2D eigenvalue weighted by Gasteiger charge is -2.51. The Morgan fingerprint density at radius 1 is 1.39 bits per heavy atom. The minimum Gasteiger partial charge on any atom is -0.458 e. The van der Waals surface area contributed by atoms with Crippen LogP contribution in [0, 0.1) is 0 Å². The lowest BCUT2D eigenvalue weighted by atomic mass is 10.0. The highest BCUT2D eigenvalue weighted by atomic mass is 32.2. The molecular weight excluding hydrogens is 402 g/mol. The number of thiophene rings is 1. The molecule has 0 radical (unpaired) electrons. The fraction of sp³-hybridized carbons (Fsp3) is 0.444. The number of fused-ring (bicyclic) bond motifs is 1. The first kappa shape index (κ1) is 20.3. The Morgan fingerprint density at radius 2 is 2.14 bits per heavy atom. The summed E-state index contributed by atoms with van der Waals surface area (Å²) in [5.41, 5.74) is -0.669. The van der Waals surface area contributed by atoms with Gasteiger partial charge in [-0.2, -0.15) is 4.99 Å². The second kappa shape index (κ2) is 7.90. The Balaban J connectivity index is 1.75. The average molecular weight is 422 g/mol. The number of isocyanates is 1. The first-order chi connectivity index (χ1) is 13.2. The van der Waals surface area contributed by atoms with E-state index < -0.39 is 34.9 Å².